The van der Waals surface area contributed by atoms with E-state index in [4.69, 9.17) is 9.94 Å². The van der Waals surface area contributed by atoms with Crippen molar-refractivity contribution in [1.29, 1.82) is 0 Å². The zero-order chi connectivity index (χ0) is 21.0. The fraction of sp³-hybridized carbons (Fsp3) is 0.368. The molecule has 9 nitrogen and oxygen atoms in total. The van der Waals surface area contributed by atoms with E-state index in [0.29, 0.717) is 12.4 Å². The van der Waals surface area contributed by atoms with Crippen molar-refractivity contribution in [3.8, 4) is 5.75 Å². The van der Waals surface area contributed by atoms with Crippen molar-refractivity contribution < 1.29 is 28.3 Å². The van der Waals surface area contributed by atoms with Crippen LogP contribution in [0.5, 0.6) is 5.75 Å². The van der Waals surface area contributed by atoms with Gasteiger partial charge in [-0.2, -0.15) is 4.31 Å². The van der Waals surface area contributed by atoms with Gasteiger partial charge in [0.1, 0.15) is 18.4 Å². The lowest BCUT2D eigenvalue weighted by Crippen LogP contribution is -2.54. The molecule has 1 aliphatic heterocycles. The van der Waals surface area contributed by atoms with Gasteiger partial charge in [0.2, 0.25) is 10.0 Å². The molecule has 10 heteroatoms. The van der Waals surface area contributed by atoms with E-state index in [1.165, 1.54) is 29.7 Å². The number of benzene rings is 1. The quantitative estimate of drug-likeness (QED) is 0.468. The number of nitrogens with one attached hydrogen (secondary N) is 1. The fourth-order valence-electron chi connectivity index (χ4n) is 3.20. The third-order valence-electron chi connectivity index (χ3n) is 4.87. The Labute approximate surface area is 169 Å². The Morgan fingerprint density at radius 1 is 1.28 bits per heavy atom. The van der Waals surface area contributed by atoms with Crippen LogP contribution in [0, 0.1) is 6.92 Å². The third kappa shape index (κ3) is 4.73. The lowest BCUT2D eigenvalue weighted by Gasteiger charge is -2.35. The number of hydroxylamine groups is 1. The van der Waals surface area contributed by atoms with Crippen molar-refractivity contribution >= 4 is 15.9 Å². The predicted molar refractivity (Wildman–Crippen MR) is 103 cm³/mol. The number of hydrogen-bond donors (Lipinski definition) is 3. The summed E-state index contributed by atoms with van der Waals surface area (Å²) in [6, 6.07) is 8.45. The number of carbonyl (C=O) groups is 1. The Balaban J connectivity index is 1.76. The molecular formula is C19H23N3O6S. The molecule has 0 saturated carbocycles. The molecule has 2 heterocycles. The summed E-state index contributed by atoms with van der Waals surface area (Å²) < 4.78 is 32.6. The van der Waals surface area contributed by atoms with Crippen molar-refractivity contribution in [3.05, 3.63) is 53.9 Å². The zero-order valence-corrected chi connectivity index (χ0v) is 16.7. The predicted octanol–water partition coefficient (Wildman–Crippen LogP) is 0.988. The molecule has 1 aliphatic rings. The van der Waals surface area contributed by atoms with E-state index < -0.39 is 28.1 Å². The molecule has 3 rings (SSSR count). The molecule has 1 saturated heterocycles. The van der Waals surface area contributed by atoms with E-state index in [1.54, 1.807) is 6.20 Å². The number of piperidine rings is 1. The number of aliphatic hydroxyl groups is 1. The number of pyridine rings is 1. The molecule has 2 unspecified atom stereocenters. The molecule has 0 aliphatic carbocycles. The number of ether oxygens (including phenoxy) is 1. The molecule has 0 spiro atoms. The van der Waals surface area contributed by atoms with Gasteiger partial charge in [0.25, 0.3) is 5.91 Å². The Hall–Kier alpha value is -2.53. The number of aromatic nitrogens is 1. The number of sulfonamides is 1. The van der Waals surface area contributed by atoms with Gasteiger partial charge < -0.3 is 9.84 Å². The van der Waals surface area contributed by atoms with Gasteiger partial charge in [-0.05, 0) is 50.1 Å². The minimum Gasteiger partial charge on any atom is -0.489 e. The standard InChI is InChI=1S/C19H23N3O6S/c1-13-14(3-2-10-20-13)12-28-16-5-7-17(8-6-16)29(26,27)22-11-15(23)4-9-18(22)19(24)21-25/h2-3,5-8,10,15,18,23,25H,4,9,11-12H2,1H3,(H,21,24). The second kappa shape index (κ2) is 8.87. The molecule has 156 valence electrons. The highest BCUT2D eigenvalue weighted by Crippen LogP contribution is 2.27. The Bertz CT molecular complexity index is 964. The molecule has 2 atom stereocenters. The molecule has 1 fully saturated rings. The van der Waals surface area contributed by atoms with E-state index in [9.17, 15) is 18.3 Å². The highest BCUT2D eigenvalue weighted by molar-refractivity contribution is 7.89. The number of nitrogens with zero attached hydrogens (tertiary/aromatic N) is 2. The summed E-state index contributed by atoms with van der Waals surface area (Å²) in [7, 11) is -4.05. The lowest BCUT2D eigenvalue weighted by molar-refractivity contribution is -0.135. The largest absolute Gasteiger partial charge is 0.489 e. The number of hydrogen-bond acceptors (Lipinski definition) is 7. The maximum absolute atomic E-state index is 13.0. The molecule has 1 aromatic carbocycles. The van der Waals surface area contributed by atoms with Gasteiger partial charge in [-0.1, -0.05) is 6.07 Å². The summed E-state index contributed by atoms with van der Waals surface area (Å²) in [5.74, 6) is -0.345. The summed E-state index contributed by atoms with van der Waals surface area (Å²) >= 11 is 0. The van der Waals surface area contributed by atoms with Crippen molar-refractivity contribution in [3.63, 3.8) is 0 Å². The number of aryl methyl sites for hydroxylation is 1. The number of rotatable bonds is 6. The average molecular weight is 421 g/mol. The first-order valence-corrected chi connectivity index (χ1v) is 10.5. The van der Waals surface area contributed by atoms with Gasteiger partial charge in [-0.25, -0.2) is 13.9 Å². The summed E-state index contributed by atoms with van der Waals surface area (Å²) in [6.45, 7) is 1.95. The summed E-state index contributed by atoms with van der Waals surface area (Å²) in [6.07, 6.45) is 1.20. The minimum atomic E-state index is -4.05. The third-order valence-corrected chi connectivity index (χ3v) is 6.75. The zero-order valence-electron chi connectivity index (χ0n) is 15.9. The van der Waals surface area contributed by atoms with Crippen molar-refractivity contribution in [2.24, 2.45) is 0 Å². The van der Waals surface area contributed by atoms with Crippen molar-refractivity contribution in [2.75, 3.05) is 6.54 Å². The van der Waals surface area contributed by atoms with Gasteiger partial charge in [-0.15, -0.1) is 0 Å². The van der Waals surface area contributed by atoms with Crippen LogP contribution in [0.2, 0.25) is 0 Å². The minimum absolute atomic E-state index is 0.0350. The topological polar surface area (TPSA) is 129 Å². The number of amides is 1. The molecule has 0 bridgehead atoms. The first-order valence-electron chi connectivity index (χ1n) is 9.10. The molecule has 2 aromatic rings. The van der Waals surface area contributed by atoms with Gasteiger partial charge in [-0.3, -0.25) is 15.0 Å². The van der Waals surface area contributed by atoms with Crippen LogP contribution < -0.4 is 10.2 Å². The highest BCUT2D eigenvalue weighted by Gasteiger charge is 2.40. The molecule has 1 amide bonds. The SMILES string of the molecule is Cc1ncccc1COc1ccc(S(=O)(=O)N2CC(O)CCC2C(=O)NO)cc1. The second-order valence-electron chi connectivity index (χ2n) is 6.81. The maximum Gasteiger partial charge on any atom is 0.261 e. The summed E-state index contributed by atoms with van der Waals surface area (Å²) in [5.41, 5.74) is 3.27. The first-order chi connectivity index (χ1) is 13.8. The monoisotopic (exact) mass is 421 g/mol. The van der Waals surface area contributed by atoms with Crippen molar-refractivity contribution in [2.45, 2.75) is 43.4 Å². The van der Waals surface area contributed by atoms with Crippen LogP contribution in [-0.2, 0) is 21.4 Å². The smallest absolute Gasteiger partial charge is 0.261 e. The summed E-state index contributed by atoms with van der Waals surface area (Å²) in [5, 5.41) is 18.8. The highest BCUT2D eigenvalue weighted by atomic mass is 32.2. The van der Waals surface area contributed by atoms with Crippen LogP contribution in [0.15, 0.2) is 47.5 Å². The van der Waals surface area contributed by atoms with E-state index in [0.717, 1.165) is 15.6 Å². The Morgan fingerprint density at radius 3 is 2.66 bits per heavy atom. The average Bonchev–Trinajstić information content (AvgIpc) is 2.73. The van der Waals surface area contributed by atoms with E-state index in [1.807, 2.05) is 19.1 Å². The van der Waals surface area contributed by atoms with Crippen LogP contribution in [0.4, 0.5) is 0 Å². The van der Waals surface area contributed by atoms with Gasteiger partial charge in [0.15, 0.2) is 0 Å². The number of β-amino-alcohol motifs (C(OH)–C–C–N with tert-alkyl or cyclic N) is 1. The Kier molecular flexibility index (Phi) is 6.48. The van der Waals surface area contributed by atoms with Crippen molar-refractivity contribution in [1.82, 2.24) is 14.8 Å². The van der Waals surface area contributed by atoms with Crippen LogP contribution in [0.1, 0.15) is 24.1 Å². The fourth-order valence-corrected chi connectivity index (χ4v) is 4.85. The van der Waals surface area contributed by atoms with E-state index in [-0.39, 0.29) is 24.3 Å². The van der Waals surface area contributed by atoms with Gasteiger partial charge in [0, 0.05) is 24.0 Å². The molecule has 1 aromatic heterocycles. The molecular weight excluding hydrogens is 398 g/mol. The molecule has 29 heavy (non-hydrogen) atoms. The van der Waals surface area contributed by atoms with Crippen LogP contribution in [0.25, 0.3) is 0 Å². The normalized spacial score (nSPS) is 20.2. The number of carbonyl (C=O) groups excluding carboxylic acids is 1. The number of aliphatic hydroxyl groups excluding tert-OH is 1. The van der Waals surface area contributed by atoms with Crippen LogP contribution >= 0.6 is 0 Å². The van der Waals surface area contributed by atoms with Gasteiger partial charge in [0.05, 0.1) is 11.0 Å². The van der Waals surface area contributed by atoms with Crippen LogP contribution in [-0.4, -0.2) is 52.6 Å². The molecule has 0 radical (unpaired) electrons. The maximum atomic E-state index is 13.0. The van der Waals surface area contributed by atoms with Gasteiger partial charge >= 0.3 is 0 Å². The second-order valence-corrected chi connectivity index (χ2v) is 8.70. The van der Waals surface area contributed by atoms with E-state index >= 15 is 0 Å². The lowest BCUT2D eigenvalue weighted by atomic mass is 10.0. The molecule has 3 N–H and O–H groups in total. The summed E-state index contributed by atoms with van der Waals surface area (Å²) in [4.78, 5) is 16.0. The first kappa shape index (κ1) is 21.2. The van der Waals surface area contributed by atoms with Crippen LogP contribution in [0.3, 0.4) is 0 Å². The Morgan fingerprint density at radius 2 is 2.00 bits per heavy atom. The van der Waals surface area contributed by atoms with E-state index in [2.05, 4.69) is 4.98 Å².